The van der Waals surface area contributed by atoms with E-state index in [0.717, 1.165) is 12.2 Å². The molecule has 2 aromatic rings. The summed E-state index contributed by atoms with van der Waals surface area (Å²) in [6.07, 6.45) is 0.900. The Morgan fingerprint density at radius 2 is 1.65 bits per heavy atom. The van der Waals surface area contributed by atoms with Crippen LogP contribution in [0.15, 0.2) is 42.5 Å². The molecule has 17 heavy (non-hydrogen) atoms. The molecule has 0 amide bonds. The lowest BCUT2D eigenvalue weighted by Gasteiger charge is -2.07. The minimum atomic E-state index is 0.681. The van der Waals surface area contributed by atoms with Crippen LogP contribution in [-0.2, 0) is 6.42 Å². The normalized spacial score (nSPS) is 10.2. The maximum absolute atomic E-state index is 5.79. The molecule has 0 aliphatic carbocycles. The lowest BCUT2D eigenvalue weighted by Crippen LogP contribution is -1.95. The van der Waals surface area contributed by atoms with Crippen LogP contribution in [0.3, 0.4) is 0 Å². The molecule has 0 aromatic heterocycles. The van der Waals surface area contributed by atoms with Gasteiger partial charge in [0, 0.05) is 0 Å². The number of nitrogens with two attached hydrogens (primary N) is 1. The SMILES string of the molecule is COc1cc(Cc2ccc(C)cc2)ccc1N. The maximum Gasteiger partial charge on any atom is 0.142 e. The van der Waals surface area contributed by atoms with Gasteiger partial charge in [0.05, 0.1) is 12.8 Å². The third-order valence-electron chi connectivity index (χ3n) is 2.83. The standard InChI is InChI=1S/C15H17NO/c1-11-3-5-12(6-4-11)9-13-7-8-14(16)15(10-13)17-2/h3-8,10H,9,16H2,1-2H3. The first kappa shape index (κ1) is 11.5. The molecule has 0 fully saturated rings. The fourth-order valence-corrected chi connectivity index (χ4v) is 1.81. The molecule has 2 aromatic carbocycles. The van der Waals surface area contributed by atoms with Crippen molar-refractivity contribution in [1.82, 2.24) is 0 Å². The minimum Gasteiger partial charge on any atom is -0.495 e. The third-order valence-corrected chi connectivity index (χ3v) is 2.83. The Morgan fingerprint density at radius 1 is 1.00 bits per heavy atom. The van der Waals surface area contributed by atoms with Gasteiger partial charge < -0.3 is 10.5 Å². The van der Waals surface area contributed by atoms with Crippen molar-refractivity contribution in [2.45, 2.75) is 13.3 Å². The van der Waals surface area contributed by atoms with Crippen LogP contribution in [0.5, 0.6) is 5.75 Å². The zero-order valence-electron chi connectivity index (χ0n) is 10.2. The maximum atomic E-state index is 5.79. The molecule has 0 heterocycles. The van der Waals surface area contributed by atoms with E-state index in [4.69, 9.17) is 10.5 Å². The van der Waals surface area contributed by atoms with Crippen molar-refractivity contribution in [1.29, 1.82) is 0 Å². The largest absolute Gasteiger partial charge is 0.495 e. The summed E-state index contributed by atoms with van der Waals surface area (Å²) in [4.78, 5) is 0. The number of hydrogen-bond donors (Lipinski definition) is 1. The molecule has 2 rings (SSSR count). The summed E-state index contributed by atoms with van der Waals surface area (Å²) in [5.74, 6) is 0.745. The summed E-state index contributed by atoms with van der Waals surface area (Å²) in [6, 6.07) is 14.5. The molecular weight excluding hydrogens is 210 g/mol. The highest BCUT2D eigenvalue weighted by molar-refractivity contribution is 5.54. The van der Waals surface area contributed by atoms with Crippen molar-refractivity contribution in [2.24, 2.45) is 0 Å². The van der Waals surface area contributed by atoms with Crippen LogP contribution >= 0.6 is 0 Å². The van der Waals surface area contributed by atoms with E-state index in [-0.39, 0.29) is 0 Å². The monoisotopic (exact) mass is 227 g/mol. The summed E-state index contributed by atoms with van der Waals surface area (Å²) in [6.45, 7) is 2.09. The highest BCUT2D eigenvalue weighted by Gasteiger charge is 2.02. The summed E-state index contributed by atoms with van der Waals surface area (Å²) in [5.41, 5.74) is 10.3. The second kappa shape index (κ2) is 4.91. The molecule has 0 aliphatic rings. The van der Waals surface area contributed by atoms with Gasteiger partial charge in [-0.2, -0.15) is 0 Å². The fraction of sp³-hybridized carbons (Fsp3) is 0.200. The summed E-state index contributed by atoms with van der Waals surface area (Å²) in [5, 5.41) is 0. The van der Waals surface area contributed by atoms with Gasteiger partial charge >= 0.3 is 0 Å². The zero-order valence-corrected chi connectivity index (χ0v) is 10.2. The molecule has 88 valence electrons. The Labute approximate surface area is 102 Å². The first-order valence-corrected chi connectivity index (χ1v) is 5.67. The van der Waals surface area contributed by atoms with Gasteiger partial charge in [-0.3, -0.25) is 0 Å². The molecule has 0 spiro atoms. The minimum absolute atomic E-state index is 0.681. The van der Waals surface area contributed by atoms with Gasteiger partial charge in [0.2, 0.25) is 0 Å². The number of hydrogen-bond acceptors (Lipinski definition) is 2. The van der Waals surface area contributed by atoms with Crippen LogP contribution in [0.2, 0.25) is 0 Å². The van der Waals surface area contributed by atoms with Crippen molar-refractivity contribution in [2.75, 3.05) is 12.8 Å². The van der Waals surface area contributed by atoms with Crippen LogP contribution in [0.25, 0.3) is 0 Å². The van der Waals surface area contributed by atoms with E-state index in [2.05, 4.69) is 31.2 Å². The van der Waals surface area contributed by atoms with Crippen molar-refractivity contribution in [3.8, 4) is 5.75 Å². The number of benzene rings is 2. The van der Waals surface area contributed by atoms with Crippen LogP contribution in [0, 0.1) is 6.92 Å². The van der Waals surface area contributed by atoms with Gasteiger partial charge in [-0.05, 0) is 36.6 Å². The average molecular weight is 227 g/mol. The van der Waals surface area contributed by atoms with Gasteiger partial charge in [-0.15, -0.1) is 0 Å². The number of methoxy groups -OCH3 is 1. The average Bonchev–Trinajstić information content (AvgIpc) is 2.34. The molecule has 2 nitrogen and oxygen atoms in total. The topological polar surface area (TPSA) is 35.2 Å². The second-order valence-electron chi connectivity index (χ2n) is 4.24. The van der Waals surface area contributed by atoms with E-state index in [1.54, 1.807) is 7.11 Å². The highest BCUT2D eigenvalue weighted by atomic mass is 16.5. The first-order chi connectivity index (χ1) is 8.19. The van der Waals surface area contributed by atoms with Crippen molar-refractivity contribution >= 4 is 5.69 Å². The summed E-state index contributed by atoms with van der Waals surface area (Å²) in [7, 11) is 1.64. The van der Waals surface area contributed by atoms with Gasteiger partial charge in [0.1, 0.15) is 5.75 Å². The Bertz CT molecular complexity index is 503. The molecule has 2 N–H and O–H groups in total. The van der Waals surface area contributed by atoms with Gasteiger partial charge in [0.25, 0.3) is 0 Å². The number of anilines is 1. The number of rotatable bonds is 3. The molecule has 0 atom stereocenters. The number of ether oxygens (including phenoxy) is 1. The Kier molecular flexibility index (Phi) is 3.33. The lowest BCUT2D eigenvalue weighted by molar-refractivity contribution is 0.416. The highest BCUT2D eigenvalue weighted by Crippen LogP contribution is 2.23. The molecular formula is C15H17NO. The first-order valence-electron chi connectivity index (χ1n) is 5.67. The van der Waals surface area contributed by atoms with E-state index >= 15 is 0 Å². The van der Waals surface area contributed by atoms with Gasteiger partial charge in [-0.25, -0.2) is 0 Å². The number of aryl methyl sites for hydroxylation is 1. The van der Waals surface area contributed by atoms with E-state index in [1.165, 1.54) is 16.7 Å². The van der Waals surface area contributed by atoms with Crippen LogP contribution < -0.4 is 10.5 Å². The fourth-order valence-electron chi connectivity index (χ4n) is 1.81. The van der Waals surface area contributed by atoms with E-state index < -0.39 is 0 Å². The molecule has 0 aliphatic heterocycles. The van der Waals surface area contributed by atoms with Crippen molar-refractivity contribution < 1.29 is 4.74 Å². The predicted molar refractivity (Wildman–Crippen MR) is 71.4 cm³/mol. The third kappa shape index (κ3) is 2.78. The molecule has 0 saturated carbocycles. The van der Waals surface area contributed by atoms with E-state index in [1.807, 2.05) is 18.2 Å². The molecule has 0 bridgehead atoms. The molecule has 0 radical (unpaired) electrons. The van der Waals surface area contributed by atoms with E-state index in [9.17, 15) is 0 Å². The van der Waals surface area contributed by atoms with Crippen molar-refractivity contribution in [3.05, 3.63) is 59.2 Å². The molecule has 0 unspecified atom stereocenters. The quantitative estimate of drug-likeness (QED) is 0.817. The Hall–Kier alpha value is -1.96. The van der Waals surface area contributed by atoms with Gasteiger partial charge in [-0.1, -0.05) is 35.9 Å². The smallest absolute Gasteiger partial charge is 0.142 e. The van der Waals surface area contributed by atoms with Crippen LogP contribution in [0.4, 0.5) is 5.69 Å². The Morgan fingerprint density at radius 3 is 2.29 bits per heavy atom. The number of nitrogen functional groups attached to an aromatic ring is 1. The zero-order chi connectivity index (χ0) is 12.3. The molecule has 0 saturated heterocycles. The predicted octanol–water partition coefficient (Wildman–Crippen LogP) is 3.18. The summed E-state index contributed by atoms with van der Waals surface area (Å²) >= 11 is 0. The van der Waals surface area contributed by atoms with Gasteiger partial charge in [0.15, 0.2) is 0 Å². The van der Waals surface area contributed by atoms with Crippen LogP contribution in [0.1, 0.15) is 16.7 Å². The van der Waals surface area contributed by atoms with E-state index in [0.29, 0.717) is 5.69 Å². The lowest BCUT2D eigenvalue weighted by atomic mass is 10.0. The second-order valence-corrected chi connectivity index (χ2v) is 4.24. The van der Waals surface area contributed by atoms with Crippen molar-refractivity contribution in [3.63, 3.8) is 0 Å². The van der Waals surface area contributed by atoms with Crippen LogP contribution in [-0.4, -0.2) is 7.11 Å². The Balaban J connectivity index is 2.21. The summed E-state index contributed by atoms with van der Waals surface area (Å²) < 4.78 is 5.22. The molecule has 2 heteroatoms.